The predicted molar refractivity (Wildman–Crippen MR) is 94.8 cm³/mol. The zero-order chi connectivity index (χ0) is 17.6. The number of amides is 3. The first kappa shape index (κ1) is 15.8. The number of likely N-dealkylation sites (N-methyl/N-ethyl adjacent to an activating group) is 1. The van der Waals surface area contributed by atoms with Gasteiger partial charge in [-0.1, -0.05) is 60.7 Å². The van der Waals surface area contributed by atoms with Crippen LogP contribution in [0.1, 0.15) is 30.1 Å². The summed E-state index contributed by atoms with van der Waals surface area (Å²) in [5.74, 6) is -0.149. The standard InChI is InChI=1S/C20H21N3O2/c1-13-18(15-11-7-4-8-12-15)23(20(25)22(13)2)19(24)17-16(21-17)14-9-5-3-6-10-14/h3-13,16-18,21H,1-2H3/t13-,16+,17-,18-/m1/s1. The molecule has 0 unspecified atom stereocenters. The van der Waals surface area contributed by atoms with Crippen LogP contribution in [0.25, 0.3) is 0 Å². The van der Waals surface area contributed by atoms with Gasteiger partial charge in [0.2, 0.25) is 5.91 Å². The van der Waals surface area contributed by atoms with Crippen molar-refractivity contribution in [2.45, 2.75) is 31.1 Å². The zero-order valence-electron chi connectivity index (χ0n) is 14.3. The first-order valence-corrected chi connectivity index (χ1v) is 8.55. The maximum Gasteiger partial charge on any atom is 0.327 e. The molecule has 2 aliphatic heterocycles. The number of nitrogens with one attached hydrogen (secondary N) is 1. The topological polar surface area (TPSA) is 62.6 Å². The lowest BCUT2D eigenvalue weighted by atomic mass is 10.00. The van der Waals surface area contributed by atoms with Crippen molar-refractivity contribution < 1.29 is 9.59 Å². The fourth-order valence-corrected chi connectivity index (χ4v) is 3.65. The largest absolute Gasteiger partial charge is 0.327 e. The van der Waals surface area contributed by atoms with Gasteiger partial charge in [-0.3, -0.25) is 15.0 Å². The van der Waals surface area contributed by atoms with Gasteiger partial charge < -0.3 is 4.90 Å². The van der Waals surface area contributed by atoms with E-state index in [9.17, 15) is 9.59 Å². The molecule has 0 radical (unpaired) electrons. The molecule has 2 aliphatic rings. The second-order valence-corrected chi connectivity index (χ2v) is 6.73. The quantitative estimate of drug-likeness (QED) is 0.877. The van der Waals surface area contributed by atoms with E-state index < -0.39 is 0 Å². The molecular weight excluding hydrogens is 314 g/mol. The Morgan fingerprint density at radius 1 is 0.960 bits per heavy atom. The summed E-state index contributed by atoms with van der Waals surface area (Å²) in [5, 5.41) is 3.22. The molecule has 2 heterocycles. The lowest BCUT2D eigenvalue weighted by Crippen LogP contribution is -2.39. The van der Waals surface area contributed by atoms with Gasteiger partial charge in [-0.2, -0.15) is 0 Å². The Morgan fingerprint density at radius 3 is 2.12 bits per heavy atom. The maximum atomic E-state index is 13.1. The average molecular weight is 335 g/mol. The van der Waals surface area contributed by atoms with Crippen molar-refractivity contribution in [2.24, 2.45) is 0 Å². The Labute approximate surface area is 147 Å². The second kappa shape index (κ2) is 6.01. The Hall–Kier alpha value is -2.66. The van der Waals surface area contributed by atoms with E-state index in [4.69, 9.17) is 0 Å². The van der Waals surface area contributed by atoms with Crippen molar-refractivity contribution in [1.29, 1.82) is 0 Å². The molecule has 0 saturated carbocycles. The van der Waals surface area contributed by atoms with E-state index in [-0.39, 0.29) is 36.1 Å². The molecule has 2 fully saturated rings. The number of hydrogen-bond acceptors (Lipinski definition) is 3. The molecule has 5 heteroatoms. The molecule has 128 valence electrons. The fraction of sp³-hybridized carbons (Fsp3) is 0.300. The molecule has 2 aromatic rings. The Kier molecular flexibility index (Phi) is 3.81. The summed E-state index contributed by atoms with van der Waals surface area (Å²) in [5.41, 5.74) is 2.06. The van der Waals surface area contributed by atoms with Crippen molar-refractivity contribution >= 4 is 11.9 Å². The monoisotopic (exact) mass is 335 g/mol. The van der Waals surface area contributed by atoms with Crippen LogP contribution in [0, 0.1) is 0 Å². The molecule has 5 nitrogen and oxygen atoms in total. The molecule has 1 N–H and O–H groups in total. The number of urea groups is 1. The van der Waals surface area contributed by atoms with E-state index in [1.807, 2.05) is 67.6 Å². The van der Waals surface area contributed by atoms with Crippen LogP contribution in [0.5, 0.6) is 0 Å². The smallest absolute Gasteiger partial charge is 0.322 e. The molecule has 0 aromatic heterocycles. The molecule has 0 aliphatic carbocycles. The third-order valence-electron chi connectivity index (χ3n) is 5.24. The minimum absolute atomic E-state index is 0.0147. The van der Waals surface area contributed by atoms with Crippen LogP contribution in [0.15, 0.2) is 60.7 Å². The summed E-state index contributed by atoms with van der Waals surface area (Å²) in [6.07, 6.45) is 0. The van der Waals surface area contributed by atoms with Gasteiger partial charge in [0.1, 0.15) is 6.04 Å². The average Bonchev–Trinajstić information content (AvgIpc) is 3.42. The van der Waals surface area contributed by atoms with E-state index in [0.29, 0.717) is 0 Å². The number of hydrogen-bond donors (Lipinski definition) is 1. The van der Waals surface area contributed by atoms with Crippen LogP contribution in [-0.2, 0) is 4.79 Å². The van der Waals surface area contributed by atoms with Crippen molar-refractivity contribution in [3.05, 3.63) is 71.8 Å². The van der Waals surface area contributed by atoms with Crippen molar-refractivity contribution in [1.82, 2.24) is 15.1 Å². The summed E-state index contributed by atoms with van der Waals surface area (Å²) < 4.78 is 0. The first-order valence-electron chi connectivity index (χ1n) is 8.55. The first-order chi connectivity index (χ1) is 12.1. The third kappa shape index (κ3) is 2.61. The SMILES string of the molecule is C[C@@H]1[C@H](c2ccccc2)N(C(=O)[C@@H]2N[C@H]2c2ccccc2)C(=O)N1C. The van der Waals surface area contributed by atoms with E-state index >= 15 is 0 Å². The van der Waals surface area contributed by atoms with Gasteiger partial charge in [-0.05, 0) is 18.1 Å². The van der Waals surface area contributed by atoms with Crippen molar-refractivity contribution in [3.8, 4) is 0 Å². The zero-order valence-corrected chi connectivity index (χ0v) is 14.3. The van der Waals surface area contributed by atoms with Crippen molar-refractivity contribution in [2.75, 3.05) is 7.05 Å². The predicted octanol–water partition coefficient (Wildman–Crippen LogP) is 2.72. The summed E-state index contributed by atoms with van der Waals surface area (Å²) >= 11 is 0. The van der Waals surface area contributed by atoms with E-state index in [0.717, 1.165) is 11.1 Å². The highest BCUT2D eigenvalue weighted by molar-refractivity contribution is 6.01. The number of nitrogens with zero attached hydrogens (tertiary/aromatic N) is 2. The van der Waals surface area contributed by atoms with Gasteiger partial charge in [-0.25, -0.2) is 4.79 Å². The summed E-state index contributed by atoms with van der Waals surface area (Å²) in [7, 11) is 1.76. The summed E-state index contributed by atoms with van der Waals surface area (Å²) in [6.45, 7) is 1.98. The number of carbonyl (C=O) groups is 2. The Morgan fingerprint density at radius 2 is 1.52 bits per heavy atom. The van der Waals surface area contributed by atoms with Crippen LogP contribution >= 0.6 is 0 Å². The highest BCUT2D eigenvalue weighted by atomic mass is 16.2. The van der Waals surface area contributed by atoms with Crippen LogP contribution in [0.4, 0.5) is 4.79 Å². The summed E-state index contributed by atoms with van der Waals surface area (Å²) in [4.78, 5) is 28.9. The number of imide groups is 1. The minimum Gasteiger partial charge on any atom is -0.322 e. The highest BCUT2D eigenvalue weighted by Crippen LogP contribution is 2.38. The van der Waals surface area contributed by atoms with Gasteiger partial charge in [0.25, 0.3) is 0 Å². The molecule has 2 saturated heterocycles. The van der Waals surface area contributed by atoms with Gasteiger partial charge in [-0.15, -0.1) is 0 Å². The molecule has 4 atom stereocenters. The molecule has 4 rings (SSSR count). The van der Waals surface area contributed by atoms with Gasteiger partial charge in [0, 0.05) is 7.05 Å². The van der Waals surface area contributed by atoms with Crippen LogP contribution in [0.3, 0.4) is 0 Å². The molecule has 25 heavy (non-hydrogen) atoms. The molecule has 0 spiro atoms. The molecule has 3 amide bonds. The fourth-order valence-electron chi connectivity index (χ4n) is 3.65. The molecule has 0 bridgehead atoms. The van der Waals surface area contributed by atoms with Crippen LogP contribution in [0.2, 0.25) is 0 Å². The van der Waals surface area contributed by atoms with Gasteiger partial charge >= 0.3 is 6.03 Å². The molecular formula is C20H21N3O2. The van der Waals surface area contributed by atoms with Gasteiger partial charge in [0.05, 0.1) is 18.1 Å². The Bertz CT molecular complexity index is 793. The summed E-state index contributed by atoms with van der Waals surface area (Å²) in [6, 6.07) is 18.7. The van der Waals surface area contributed by atoms with Gasteiger partial charge in [0.15, 0.2) is 0 Å². The van der Waals surface area contributed by atoms with E-state index in [1.54, 1.807) is 11.9 Å². The third-order valence-corrected chi connectivity index (χ3v) is 5.24. The lowest BCUT2D eigenvalue weighted by Gasteiger charge is -2.24. The minimum atomic E-state index is -0.337. The highest BCUT2D eigenvalue weighted by Gasteiger charge is 2.53. The molecule has 2 aromatic carbocycles. The van der Waals surface area contributed by atoms with Crippen LogP contribution < -0.4 is 5.32 Å². The number of rotatable bonds is 3. The lowest BCUT2D eigenvalue weighted by molar-refractivity contribution is -0.129. The number of benzene rings is 2. The maximum absolute atomic E-state index is 13.1. The Balaban J connectivity index is 1.61. The van der Waals surface area contributed by atoms with E-state index in [2.05, 4.69) is 5.32 Å². The van der Waals surface area contributed by atoms with Crippen LogP contribution in [-0.4, -0.2) is 40.9 Å². The van der Waals surface area contributed by atoms with Crippen molar-refractivity contribution in [3.63, 3.8) is 0 Å². The number of carbonyl (C=O) groups excluding carboxylic acids is 2. The second-order valence-electron chi connectivity index (χ2n) is 6.73. The normalized spacial score (nSPS) is 28.3. The van der Waals surface area contributed by atoms with E-state index in [1.165, 1.54) is 4.90 Å².